The Bertz CT molecular complexity index is 369. The Kier molecular flexibility index (Phi) is 2.89. The Morgan fingerprint density at radius 1 is 1.58 bits per heavy atom. The first-order chi connectivity index (χ1) is 5.43. The van der Waals surface area contributed by atoms with Crippen LogP contribution in [0.3, 0.4) is 0 Å². The molecule has 0 saturated carbocycles. The van der Waals surface area contributed by atoms with Crippen molar-refractivity contribution in [1.82, 2.24) is 0 Å². The van der Waals surface area contributed by atoms with Gasteiger partial charge in [-0.2, -0.15) is 8.42 Å². The standard InChI is InChI=1S/C5H5BrO4S2/c6-4-3(1-2-11-4)5(7)12(8,9)10/h1-2,5,7H,(H,8,9,10). The second kappa shape index (κ2) is 3.43. The van der Waals surface area contributed by atoms with E-state index in [0.29, 0.717) is 3.79 Å². The fourth-order valence-electron chi connectivity index (χ4n) is 0.640. The van der Waals surface area contributed by atoms with Crippen molar-refractivity contribution in [3.63, 3.8) is 0 Å². The summed E-state index contributed by atoms with van der Waals surface area (Å²) in [5.74, 6) is 0. The summed E-state index contributed by atoms with van der Waals surface area (Å²) in [6.07, 6.45) is 0. The van der Waals surface area contributed by atoms with Gasteiger partial charge in [-0.15, -0.1) is 11.3 Å². The van der Waals surface area contributed by atoms with Crippen LogP contribution >= 0.6 is 27.3 Å². The molecule has 0 spiro atoms. The maximum absolute atomic E-state index is 10.5. The maximum atomic E-state index is 10.5. The fraction of sp³-hybridized carbons (Fsp3) is 0.200. The van der Waals surface area contributed by atoms with Crippen LogP contribution in [0.5, 0.6) is 0 Å². The highest BCUT2D eigenvalue weighted by molar-refractivity contribution is 9.11. The summed E-state index contributed by atoms with van der Waals surface area (Å²) in [4.78, 5) is 0. The molecule has 0 radical (unpaired) electrons. The van der Waals surface area contributed by atoms with Crippen molar-refractivity contribution in [2.24, 2.45) is 0 Å². The van der Waals surface area contributed by atoms with Crippen LogP contribution in [0.4, 0.5) is 0 Å². The number of hydrogen-bond acceptors (Lipinski definition) is 4. The van der Waals surface area contributed by atoms with E-state index in [2.05, 4.69) is 15.9 Å². The molecule has 1 atom stereocenters. The van der Waals surface area contributed by atoms with E-state index in [9.17, 15) is 8.42 Å². The molecule has 1 aromatic heterocycles. The Balaban J connectivity index is 3.09. The lowest BCUT2D eigenvalue weighted by atomic mass is 10.4. The third-order valence-corrected chi connectivity index (χ3v) is 3.75. The summed E-state index contributed by atoms with van der Waals surface area (Å²) >= 11 is 4.27. The minimum absolute atomic E-state index is 0.155. The van der Waals surface area contributed by atoms with Crippen molar-refractivity contribution in [1.29, 1.82) is 0 Å². The Hall–Kier alpha value is 0.0500. The molecule has 0 amide bonds. The molecule has 68 valence electrons. The van der Waals surface area contributed by atoms with Gasteiger partial charge in [0, 0.05) is 5.56 Å². The SMILES string of the molecule is O=S(=O)(O)C(O)c1ccsc1Br. The van der Waals surface area contributed by atoms with Crippen LogP contribution in [0.25, 0.3) is 0 Å². The first-order valence-electron chi connectivity index (χ1n) is 2.80. The molecule has 0 aliphatic heterocycles. The Labute approximate surface area is 81.7 Å². The molecular formula is C5H5BrO4S2. The van der Waals surface area contributed by atoms with Crippen LogP contribution in [0, 0.1) is 0 Å². The molecular weight excluding hydrogens is 268 g/mol. The molecule has 1 unspecified atom stereocenters. The first-order valence-corrected chi connectivity index (χ1v) is 5.98. The third-order valence-electron chi connectivity index (χ3n) is 1.19. The van der Waals surface area contributed by atoms with E-state index in [1.165, 1.54) is 17.4 Å². The van der Waals surface area contributed by atoms with E-state index in [1.807, 2.05) is 0 Å². The molecule has 2 N–H and O–H groups in total. The van der Waals surface area contributed by atoms with Gasteiger partial charge in [-0.05, 0) is 27.4 Å². The monoisotopic (exact) mass is 272 g/mol. The zero-order valence-corrected chi connectivity index (χ0v) is 8.86. The average molecular weight is 273 g/mol. The van der Waals surface area contributed by atoms with E-state index in [1.54, 1.807) is 5.38 Å². The predicted molar refractivity (Wildman–Crippen MR) is 48.5 cm³/mol. The maximum Gasteiger partial charge on any atom is 0.296 e. The molecule has 4 nitrogen and oxygen atoms in total. The molecule has 1 aromatic rings. The highest BCUT2D eigenvalue weighted by Gasteiger charge is 2.24. The van der Waals surface area contributed by atoms with Gasteiger partial charge in [0.05, 0.1) is 3.79 Å². The fourth-order valence-corrected chi connectivity index (χ4v) is 2.71. The number of rotatable bonds is 2. The van der Waals surface area contributed by atoms with E-state index in [-0.39, 0.29) is 5.56 Å². The van der Waals surface area contributed by atoms with Gasteiger partial charge in [0.1, 0.15) is 0 Å². The van der Waals surface area contributed by atoms with Crippen molar-refractivity contribution in [3.8, 4) is 0 Å². The Morgan fingerprint density at radius 2 is 2.17 bits per heavy atom. The van der Waals surface area contributed by atoms with E-state index in [4.69, 9.17) is 9.66 Å². The van der Waals surface area contributed by atoms with Gasteiger partial charge in [0.15, 0.2) is 0 Å². The molecule has 7 heteroatoms. The van der Waals surface area contributed by atoms with Gasteiger partial charge >= 0.3 is 0 Å². The summed E-state index contributed by atoms with van der Waals surface area (Å²) in [6, 6.07) is 1.42. The normalized spacial score (nSPS) is 14.6. The van der Waals surface area contributed by atoms with E-state index in [0.717, 1.165) is 0 Å². The van der Waals surface area contributed by atoms with Crippen LogP contribution < -0.4 is 0 Å². The van der Waals surface area contributed by atoms with Gasteiger partial charge in [-0.3, -0.25) is 4.55 Å². The minimum Gasteiger partial charge on any atom is -0.371 e. The van der Waals surface area contributed by atoms with Gasteiger partial charge in [0.25, 0.3) is 10.1 Å². The summed E-state index contributed by atoms with van der Waals surface area (Å²) in [7, 11) is -4.42. The van der Waals surface area contributed by atoms with Crippen LogP contribution in [0.1, 0.15) is 11.0 Å². The largest absolute Gasteiger partial charge is 0.371 e. The first kappa shape index (κ1) is 10.1. The van der Waals surface area contributed by atoms with Crippen LogP contribution in [0.2, 0.25) is 0 Å². The zero-order chi connectivity index (χ0) is 9.35. The minimum atomic E-state index is -4.42. The number of halogens is 1. The predicted octanol–water partition coefficient (Wildman–Crippen LogP) is 1.39. The quantitative estimate of drug-likeness (QED) is 0.798. The number of aliphatic hydroxyl groups excluding tert-OH is 1. The molecule has 0 aliphatic carbocycles. The van der Waals surface area contributed by atoms with Crippen molar-refractivity contribution in [2.75, 3.05) is 0 Å². The number of thiophene rings is 1. The highest BCUT2D eigenvalue weighted by atomic mass is 79.9. The van der Waals surface area contributed by atoms with Crippen LogP contribution in [0.15, 0.2) is 15.2 Å². The van der Waals surface area contributed by atoms with Gasteiger partial charge in [-0.25, -0.2) is 0 Å². The lowest BCUT2D eigenvalue weighted by molar-refractivity contribution is 0.238. The molecule has 0 aliphatic rings. The topological polar surface area (TPSA) is 74.6 Å². The smallest absolute Gasteiger partial charge is 0.296 e. The van der Waals surface area contributed by atoms with Crippen LogP contribution in [-0.4, -0.2) is 18.1 Å². The van der Waals surface area contributed by atoms with Crippen molar-refractivity contribution >= 4 is 37.4 Å². The lowest BCUT2D eigenvalue weighted by Crippen LogP contribution is -2.10. The van der Waals surface area contributed by atoms with Crippen molar-refractivity contribution < 1.29 is 18.1 Å². The van der Waals surface area contributed by atoms with Crippen molar-refractivity contribution in [3.05, 3.63) is 20.8 Å². The molecule has 0 aromatic carbocycles. The molecule has 12 heavy (non-hydrogen) atoms. The summed E-state index contributed by atoms with van der Waals surface area (Å²) in [6.45, 7) is 0. The zero-order valence-electron chi connectivity index (χ0n) is 5.64. The molecule has 1 rings (SSSR count). The molecule has 1 heterocycles. The third kappa shape index (κ3) is 2.05. The molecule has 0 bridgehead atoms. The summed E-state index contributed by atoms with van der Waals surface area (Å²) < 4.78 is 29.9. The lowest BCUT2D eigenvalue weighted by Gasteiger charge is -2.04. The van der Waals surface area contributed by atoms with E-state index < -0.39 is 15.6 Å². The summed E-state index contributed by atoms with van der Waals surface area (Å²) in [5, 5.41) is 10.7. The highest BCUT2D eigenvalue weighted by Crippen LogP contribution is 2.30. The number of hydrogen-bond donors (Lipinski definition) is 2. The van der Waals surface area contributed by atoms with Crippen LogP contribution in [-0.2, 0) is 10.1 Å². The van der Waals surface area contributed by atoms with Gasteiger partial charge < -0.3 is 5.11 Å². The van der Waals surface area contributed by atoms with Crippen molar-refractivity contribution in [2.45, 2.75) is 5.44 Å². The second-order valence-electron chi connectivity index (χ2n) is 2.02. The Morgan fingerprint density at radius 3 is 2.50 bits per heavy atom. The molecule has 0 saturated heterocycles. The second-order valence-corrected chi connectivity index (χ2v) is 5.73. The van der Waals surface area contributed by atoms with E-state index >= 15 is 0 Å². The van der Waals surface area contributed by atoms with Gasteiger partial charge in [-0.1, -0.05) is 0 Å². The van der Waals surface area contributed by atoms with Gasteiger partial charge in [0.2, 0.25) is 5.44 Å². The average Bonchev–Trinajstić information content (AvgIpc) is 2.31. The summed E-state index contributed by atoms with van der Waals surface area (Å²) in [5.41, 5.74) is -1.71. The molecule has 0 fully saturated rings. The number of aliphatic hydroxyl groups is 1.